The first-order chi connectivity index (χ1) is 11.3. The van der Waals surface area contributed by atoms with Gasteiger partial charge in [0.25, 0.3) is 11.8 Å². The minimum atomic E-state index is -4.57. The number of halogens is 3. The van der Waals surface area contributed by atoms with E-state index in [0.29, 0.717) is 11.7 Å². The summed E-state index contributed by atoms with van der Waals surface area (Å²) in [5.74, 6) is 0.261. The average Bonchev–Trinajstić information content (AvgIpc) is 3.02. The van der Waals surface area contributed by atoms with Crippen molar-refractivity contribution in [1.82, 2.24) is 25.2 Å². The Bertz CT molecular complexity index is 748. The number of aromatic amines is 1. The van der Waals surface area contributed by atoms with Crippen LogP contribution in [0.1, 0.15) is 33.5 Å². The molecule has 0 bridgehead atoms. The standard InChI is InChI=1S/C13H14F3N5O3/c1-6-10(18-19-11(6)13(14,15)16)12(22)21-3-8(4-21)23-5-9-17-7(2)20-24-9/h8H,3-5H2,1-2H3,(H,18,19). The van der Waals surface area contributed by atoms with Crippen molar-refractivity contribution in [2.75, 3.05) is 13.1 Å². The molecule has 130 valence electrons. The van der Waals surface area contributed by atoms with Crippen molar-refractivity contribution in [2.45, 2.75) is 32.7 Å². The van der Waals surface area contributed by atoms with Crippen LogP contribution in [-0.2, 0) is 17.5 Å². The van der Waals surface area contributed by atoms with E-state index in [1.807, 2.05) is 5.10 Å². The molecular weight excluding hydrogens is 331 g/mol. The van der Waals surface area contributed by atoms with Crippen LogP contribution >= 0.6 is 0 Å². The van der Waals surface area contributed by atoms with Crippen molar-refractivity contribution in [1.29, 1.82) is 0 Å². The van der Waals surface area contributed by atoms with E-state index in [0.717, 1.165) is 0 Å². The first-order valence-corrected chi connectivity index (χ1v) is 7.08. The van der Waals surface area contributed by atoms with Crippen LogP contribution in [0.15, 0.2) is 4.52 Å². The second kappa shape index (κ2) is 5.89. The van der Waals surface area contributed by atoms with E-state index in [9.17, 15) is 18.0 Å². The van der Waals surface area contributed by atoms with Crippen molar-refractivity contribution < 1.29 is 27.2 Å². The molecule has 0 unspecified atom stereocenters. The molecule has 1 aliphatic rings. The lowest BCUT2D eigenvalue weighted by Gasteiger charge is -2.38. The molecule has 0 aromatic carbocycles. The van der Waals surface area contributed by atoms with E-state index < -0.39 is 17.8 Å². The lowest BCUT2D eigenvalue weighted by atomic mass is 10.1. The summed E-state index contributed by atoms with van der Waals surface area (Å²) in [4.78, 5) is 17.5. The topological polar surface area (TPSA) is 97.1 Å². The Morgan fingerprint density at radius 3 is 2.67 bits per heavy atom. The van der Waals surface area contributed by atoms with Gasteiger partial charge < -0.3 is 14.2 Å². The van der Waals surface area contributed by atoms with Gasteiger partial charge in [0.2, 0.25) is 0 Å². The Kier molecular flexibility index (Phi) is 4.03. The molecule has 3 rings (SSSR count). The van der Waals surface area contributed by atoms with E-state index in [2.05, 4.69) is 15.2 Å². The molecule has 0 radical (unpaired) electrons. The van der Waals surface area contributed by atoms with Crippen molar-refractivity contribution in [2.24, 2.45) is 0 Å². The summed E-state index contributed by atoms with van der Waals surface area (Å²) in [6, 6.07) is 0. The van der Waals surface area contributed by atoms with E-state index in [1.165, 1.54) is 11.8 Å². The number of carbonyl (C=O) groups excluding carboxylic acids is 1. The largest absolute Gasteiger partial charge is 0.433 e. The smallest absolute Gasteiger partial charge is 0.365 e. The number of nitrogens with zero attached hydrogens (tertiary/aromatic N) is 4. The van der Waals surface area contributed by atoms with Gasteiger partial charge in [-0.05, 0) is 13.8 Å². The minimum absolute atomic E-state index is 0.118. The van der Waals surface area contributed by atoms with Gasteiger partial charge in [0.15, 0.2) is 11.5 Å². The van der Waals surface area contributed by atoms with Crippen LogP contribution in [0.5, 0.6) is 0 Å². The number of ether oxygens (including phenoxy) is 1. The number of carbonyl (C=O) groups is 1. The van der Waals surface area contributed by atoms with Crippen molar-refractivity contribution in [3.05, 3.63) is 28.7 Å². The molecule has 1 saturated heterocycles. The maximum atomic E-state index is 12.7. The molecule has 0 aliphatic carbocycles. The first kappa shape index (κ1) is 16.4. The zero-order valence-corrected chi connectivity index (χ0v) is 12.8. The van der Waals surface area contributed by atoms with Crippen LogP contribution in [0.2, 0.25) is 0 Å². The zero-order valence-electron chi connectivity index (χ0n) is 12.8. The van der Waals surface area contributed by atoms with Gasteiger partial charge in [0.1, 0.15) is 12.3 Å². The Labute approximate surface area is 134 Å². The summed E-state index contributed by atoms with van der Waals surface area (Å²) in [7, 11) is 0. The van der Waals surface area contributed by atoms with Gasteiger partial charge in [0.05, 0.1) is 6.10 Å². The molecule has 11 heteroatoms. The van der Waals surface area contributed by atoms with Gasteiger partial charge in [0, 0.05) is 18.7 Å². The number of alkyl halides is 3. The fraction of sp³-hybridized carbons (Fsp3) is 0.538. The van der Waals surface area contributed by atoms with Gasteiger partial charge in [-0.25, -0.2) is 0 Å². The molecule has 0 saturated carbocycles. The summed E-state index contributed by atoms with van der Waals surface area (Å²) in [6.07, 6.45) is -4.80. The highest BCUT2D eigenvalue weighted by Gasteiger charge is 2.39. The second-order valence-corrected chi connectivity index (χ2v) is 5.45. The molecule has 8 nitrogen and oxygen atoms in total. The normalized spacial score (nSPS) is 15.6. The summed E-state index contributed by atoms with van der Waals surface area (Å²) >= 11 is 0. The number of hydrogen-bond donors (Lipinski definition) is 1. The monoisotopic (exact) mass is 345 g/mol. The number of H-pyrrole nitrogens is 1. The number of aryl methyl sites for hydroxylation is 1. The molecule has 1 aliphatic heterocycles. The van der Waals surface area contributed by atoms with E-state index in [4.69, 9.17) is 9.26 Å². The Morgan fingerprint density at radius 2 is 2.12 bits per heavy atom. The van der Waals surface area contributed by atoms with Crippen LogP contribution in [0.3, 0.4) is 0 Å². The molecule has 1 N–H and O–H groups in total. The van der Waals surface area contributed by atoms with E-state index in [1.54, 1.807) is 6.92 Å². The summed E-state index contributed by atoms with van der Waals surface area (Å²) in [5, 5.41) is 8.99. The van der Waals surface area contributed by atoms with E-state index >= 15 is 0 Å². The lowest BCUT2D eigenvalue weighted by Crippen LogP contribution is -2.54. The maximum Gasteiger partial charge on any atom is 0.433 e. The molecule has 2 aromatic rings. The molecule has 24 heavy (non-hydrogen) atoms. The highest BCUT2D eigenvalue weighted by Crippen LogP contribution is 2.31. The number of likely N-dealkylation sites (tertiary alicyclic amines) is 1. The molecular formula is C13H14F3N5O3. The van der Waals surface area contributed by atoms with Crippen LogP contribution in [0, 0.1) is 13.8 Å². The van der Waals surface area contributed by atoms with Gasteiger partial charge in [-0.3, -0.25) is 9.89 Å². The summed E-state index contributed by atoms with van der Waals surface area (Å²) < 4.78 is 48.5. The molecule has 0 atom stereocenters. The summed E-state index contributed by atoms with van der Waals surface area (Å²) in [5.41, 5.74) is -1.45. The van der Waals surface area contributed by atoms with E-state index in [-0.39, 0.29) is 37.1 Å². The zero-order chi connectivity index (χ0) is 17.5. The Balaban J connectivity index is 1.54. The van der Waals surface area contributed by atoms with Crippen LogP contribution in [0.25, 0.3) is 0 Å². The molecule has 1 amide bonds. The Hall–Kier alpha value is -2.43. The lowest BCUT2D eigenvalue weighted by molar-refractivity contribution is -0.141. The highest BCUT2D eigenvalue weighted by atomic mass is 19.4. The van der Waals surface area contributed by atoms with Gasteiger partial charge in [-0.15, -0.1) is 0 Å². The van der Waals surface area contributed by atoms with Gasteiger partial charge in [-0.1, -0.05) is 5.16 Å². The predicted molar refractivity (Wildman–Crippen MR) is 71.8 cm³/mol. The maximum absolute atomic E-state index is 12.7. The summed E-state index contributed by atoms with van der Waals surface area (Å²) in [6.45, 7) is 3.54. The number of rotatable bonds is 4. The number of amides is 1. The third kappa shape index (κ3) is 3.11. The fourth-order valence-electron chi connectivity index (χ4n) is 2.33. The van der Waals surface area contributed by atoms with Crippen molar-refractivity contribution in [3.8, 4) is 0 Å². The quantitative estimate of drug-likeness (QED) is 0.901. The van der Waals surface area contributed by atoms with Gasteiger partial charge >= 0.3 is 6.18 Å². The molecule has 3 heterocycles. The average molecular weight is 345 g/mol. The van der Waals surface area contributed by atoms with Crippen molar-refractivity contribution >= 4 is 5.91 Å². The first-order valence-electron chi connectivity index (χ1n) is 7.08. The predicted octanol–water partition coefficient (Wildman–Crippen LogP) is 1.47. The number of hydrogen-bond acceptors (Lipinski definition) is 6. The third-order valence-electron chi connectivity index (χ3n) is 3.64. The van der Waals surface area contributed by atoms with Crippen LogP contribution in [-0.4, -0.2) is 50.3 Å². The molecule has 2 aromatic heterocycles. The Morgan fingerprint density at radius 1 is 1.42 bits per heavy atom. The van der Waals surface area contributed by atoms with Crippen LogP contribution in [0.4, 0.5) is 13.2 Å². The number of nitrogens with one attached hydrogen (secondary N) is 1. The third-order valence-corrected chi connectivity index (χ3v) is 3.64. The van der Waals surface area contributed by atoms with Crippen LogP contribution < -0.4 is 0 Å². The molecule has 1 fully saturated rings. The number of aromatic nitrogens is 4. The second-order valence-electron chi connectivity index (χ2n) is 5.45. The van der Waals surface area contributed by atoms with Gasteiger partial charge in [-0.2, -0.15) is 23.3 Å². The highest BCUT2D eigenvalue weighted by molar-refractivity contribution is 5.94. The van der Waals surface area contributed by atoms with Crippen molar-refractivity contribution in [3.63, 3.8) is 0 Å². The molecule has 0 spiro atoms. The minimum Gasteiger partial charge on any atom is -0.365 e. The SMILES string of the molecule is Cc1noc(COC2CN(C(=O)c3n[nH]c(C(F)(F)F)c3C)C2)n1. The fourth-order valence-corrected chi connectivity index (χ4v) is 2.33.